The maximum absolute atomic E-state index is 12.2. The zero-order valence-corrected chi connectivity index (χ0v) is 11.6. The van der Waals surface area contributed by atoms with Gasteiger partial charge in [0.1, 0.15) is 0 Å². The molecule has 0 aromatic heterocycles. The van der Waals surface area contributed by atoms with Gasteiger partial charge in [-0.3, -0.25) is 14.5 Å². The number of hydrogen-bond donors (Lipinski definition) is 0. The number of hydrogen-bond acceptors (Lipinski definition) is 3. The Bertz CT molecular complexity index is 585. The summed E-state index contributed by atoms with van der Waals surface area (Å²) < 4.78 is 0. The van der Waals surface area contributed by atoms with E-state index in [-0.39, 0.29) is 11.6 Å². The van der Waals surface area contributed by atoms with Gasteiger partial charge in [-0.15, -0.1) is 0 Å². The lowest BCUT2D eigenvalue weighted by atomic mass is 10.1. The zero-order chi connectivity index (χ0) is 14.9. The molecule has 0 N–H and O–H groups in total. The van der Waals surface area contributed by atoms with Crippen LogP contribution in [0.5, 0.6) is 0 Å². The molecular formula is C14H13ClN2O3. The Balaban J connectivity index is 2.29. The lowest BCUT2D eigenvalue weighted by Crippen LogP contribution is -2.35. The molecule has 0 saturated carbocycles. The third kappa shape index (κ3) is 2.44. The number of imide groups is 2. The van der Waals surface area contributed by atoms with Crippen molar-refractivity contribution in [2.45, 2.75) is 13.0 Å². The second kappa shape index (κ2) is 5.46. The van der Waals surface area contributed by atoms with Crippen LogP contribution in [0.2, 0.25) is 0 Å². The molecule has 0 unspecified atom stereocenters. The van der Waals surface area contributed by atoms with Crippen molar-refractivity contribution in [1.29, 1.82) is 0 Å². The van der Waals surface area contributed by atoms with Crippen molar-refractivity contribution < 1.29 is 14.4 Å². The predicted molar refractivity (Wildman–Crippen MR) is 73.8 cm³/mol. The van der Waals surface area contributed by atoms with Gasteiger partial charge in [-0.25, -0.2) is 9.69 Å². The molecule has 1 aromatic rings. The van der Waals surface area contributed by atoms with E-state index in [1.54, 1.807) is 31.2 Å². The number of carbonyl (C=O) groups excluding carboxylic acids is 3. The molecule has 0 bridgehead atoms. The van der Waals surface area contributed by atoms with Crippen molar-refractivity contribution in [2.24, 2.45) is 0 Å². The summed E-state index contributed by atoms with van der Waals surface area (Å²) in [6, 6.07) is 7.83. The quantitative estimate of drug-likeness (QED) is 0.632. The van der Waals surface area contributed by atoms with Crippen molar-refractivity contribution in [3.8, 4) is 0 Å². The molecule has 4 amide bonds. The number of benzene rings is 1. The van der Waals surface area contributed by atoms with Crippen LogP contribution in [-0.4, -0.2) is 34.2 Å². The number of amides is 4. The summed E-state index contributed by atoms with van der Waals surface area (Å²) in [4.78, 5) is 37.7. The van der Waals surface area contributed by atoms with E-state index in [2.05, 4.69) is 6.58 Å². The van der Waals surface area contributed by atoms with Crippen LogP contribution >= 0.6 is 11.6 Å². The molecule has 1 aliphatic heterocycles. The molecule has 0 radical (unpaired) electrons. The molecule has 0 aliphatic carbocycles. The normalized spacial score (nSPS) is 16.8. The first-order valence-corrected chi connectivity index (χ1v) is 6.38. The van der Waals surface area contributed by atoms with Crippen LogP contribution in [0.25, 0.3) is 0 Å². The fraction of sp³-hybridized carbons (Fsp3) is 0.214. The molecule has 1 aliphatic rings. The van der Waals surface area contributed by atoms with Crippen LogP contribution in [0.4, 0.5) is 4.79 Å². The highest BCUT2D eigenvalue weighted by Crippen LogP contribution is 2.26. The molecule has 104 valence electrons. The smallest absolute Gasteiger partial charge is 0.263 e. The van der Waals surface area contributed by atoms with Crippen LogP contribution in [0.3, 0.4) is 0 Å². The number of carbonyl (C=O) groups is 3. The highest BCUT2D eigenvalue weighted by Gasteiger charge is 2.46. The van der Waals surface area contributed by atoms with Crippen LogP contribution in [-0.2, 0) is 9.59 Å². The van der Waals surface area contributed by atoms with E-state index < -0.39 is 23.9 Å². The van der Waals surface area contributed by atoms with E-state index in [0.717, 1.165) is 15.4 Å². The van der Waals surface area contributed by atoms with E-state index >= 15 is 0 Å². The average molecular weight is 293 g/mol. The Morgan fingerprint density at radius 1 is 1.20 bits per heavy atom. The number of urea groups is 1. The number of rotatable bonds is 4. The summed E-state index contributed by atoms with van der Waals surface area (Å²) in [7, 11) is 0. The van der Waals surface area contributed by atoms with E-state index in [0.29, 0.717) is 0 Å². The van der Waals surface area contributed by atoms with Gasteiger partial charge in [0, 0.05) is 5.03 Å². The van der Waals surface area contributed by atoms with Gasteiger partial charge in [-0.2, -0.15) is 0 Å². The molecule has 1 saturated heterocycles. The Hall–Kier alpha value is -2.14. The highest BCUT2D eigenvalue weighted by atomic mass is 35.5. The van der Waals surface area contributed by atoms with Crippen molar-refractivity contribution in [3.63, 3.8) is 0 Å². The maximum Gasteiger partial charge on any atom is 0.335 e. The molecule has 1 aromatic carbocycles. The minimum atomic E-state index is -0.875. The van der Waals surface area contributed by atoms with Crippen molar-refractivity contribution in [3.05, 3.63) is 47.5 Å². The van der Waals surface area contributed by atoms with Gasteiger partial charge in [0.2, 0.25) is 0 Å². The van der Waals surface area contributed by atoms with Gasteiger partial charge in [0.25, 0.3) is 0 Å². The van der Waals surface area contributed by atoms with Crippen molar-refractivity contribution in [2.75, 3.05) is 6.54 Å². The SMILES string of the molecule is C=C(Cl)CN1C(=O)C(=O)N([C@@H](C)c2ccccc2)C1=O. The second-order valence-corrected chi connectivity index (χ2v) is 4.99. The maximum atomic E-state index is 12.2. The fourth-order valence-electron chi connectivity index (χ4n) is 2.06. The highest BCUT2D eigenvalue weighted by molar-refractivity contribution is 6.45. The van der Waals surface area contributed by atoms with Gasteiger partial charge in [-0.05, 0) is 12.5 Å². The second-order valence-electron chi connectivity index (χ2n) is 4.45. The molecule has 2 rings (SSSR count). The van der Waals surface area contributed by atoms with Gasteiger partial charge in [0.05, 0.1) is 12.6 Å². The zero-order valence-electron chi connectivity index (χ0n) is 10.9. The Kier molecular flexibility index (Phi) is 3.90. The average Bonchev–Trinajstić information content (AvgIpc) is 2.63. The first-order chi connectivity index (χ1) is 9.43. The summed E-state index contributed by atoms with van der Waals surface area (Å²) in [5.74, 6) is -1.72. The lowest BCUT2D eigenvalue weighted by Gasteiger charge is -2.22. The fourth-order valence-corrected chi connectivity index (χ4v) is 2.17. The Morgan fingerprint density at radius 3 is 2.35 bits per heavy atom. The number of halogens is 1. The number of nitrogens with zero attached hydrogens (tertiary/aromatic N) is 2. The summed E-state index contributed by atoms with van der Waals surface area (Å²) in [5, 5.41) is 0.119. The van der Waals surface area contributed by atoms with E-state index in [9.17, 15) is 14.4 Å². The molecule has 20 heavy (non-hydrogen) atoms. The van der Waals surface area contributed by atoms with Crippen molar-refractivity contribution in [1.82, 2.24) is 9.80 Å². The third-order valence-electron chi connectivity index (χ3n) is 3.08. The summed E-state index contributed by atoms with van der Waals surface area (Å²) in [6.45, 7) is 4.96. The summed E-state index contributed by atoms with van der Waals surface area (Å²) in [6.07, 6.45) is 0. The predicted octanol–water partition coefficient (Wildman–Crippen LogP) is 2.29. The Labute approximate surface area is 121 Å². The monoisotopic (exact) mass is 292 g/mol. The van der Waals surface area contributed by atoms with E-state index in [1.807, 2.05) is 6.07 Å². The molecule has 5 nitrogen and oxygen atoms in total. The minimum Gasteiger partial charge on any atom is -0.263 e. The van der Waals surface area contributed by atoms with Gasteiger partial charge < -0.3 is 0 Å². The van der Waals surface area contributed by atoms with E-state index in [1.165, 1.54) is 0 Å². The third-order valence-corrected chi connectivity index (χ3v) is 3.20. The summed E-state index contributed by atoms with van der Waals surface area (Å²) >= 11 is 5.61. The van der Waals surface area contributed by atoms with Crippen molar-refractivity contribution >= 4 is 29.4 Å². The minimum absolute atomic E-state index is 0.119. The largest absolute Gasteiger partial charge is 0.335 e. The topological polar surface area (TPSA) is 57.7 Å². The molecule has 1 fully saturated rings. The molecule has 1 atom stereocenters. The first kappa shape index (κ1) is 14.3. The van der Waals surface area contributed by atoms with Crippen LogP contribution in [0.15, 0.2) is 41.9 Å². The van der Waals surface area contributed by atoms with Crippen LogP contribution in [0, 0.1) is 0 Å². The molecule has 0 spiro atoms. The molecule has 1 heterocycles. The van der Waals surface area contributed by atoms with Gasteiger partial charge in [0.15, 0.2) is 0 Å². The summed E-state index contributed by atoms with van der Waals surface area (Å²) in [5.41, 5.74) is 0.772. The van der Waals surface area contributed by atoms with Gasteiger partial charge >= 0.3 is 17.8 Å². The van der Waals surface area contributed by atoms with Crippen LogP contribution in [0.1, 0.15) is 18.5 Å². The standard InChI is InChI=1S/C14H13ClN2O3/c1-9(15)8-16-12(18)13(19)17(14(16)20)10(2)11-6-4-3-5-7-11/h3-7,10H,1,8H2,2H3/t10-/m0/s1. The van der Waals surface area contributed by atoms with Crippen LogP contribution < -0.4 is 0 Å². The molecule has 6 heteroatoms. The van der Waals surface area contributed by atoms with E-state index in [4.69, 9.17) is 11.6 Å². The van der Waals surface area contributed by atoms with Gasteiger partial charge in [-0.1, -0.05) is 48.5 Å². The first-order valence-electron chi connectivity index (χ1n) is 6.00. The molecular weight excluding hydrogens is 280 g/mol. The lowest BCUT2D eigenvalue weighted by molar-refractivity contribution is -0.143. The Morgan fingerprint density at radius 2 is 1.80 bits per heavy atom.